The van der Waals surface area contributed by atoms with Crippen LogP contribution >= 0.6 is 0 Å². The van der Waals surface area contributed by atoms with E-state index in [9.17, 15) is 9.18 Å². The predicted molar refractivity (Wildman–Crippen MR) is 59.5 cm³/mol. The summed E-state index contributed by atoms with van der Waals surface area (Å²) in [7, 11) is 0. The van der Waals surface area contributed by atoms with Crippen molar-refractivity contribution in [3.05, 3.63) is 35.6 Å². The molecule has 16 heavy (non-hydrogen) atoms. The Labute approximate surface area is 94.6 Å². The van der Waals surface area contributed by atoms with E-state index >= 15 is 0 Å². The number of amides is 1. The lowest BCUT2D eigenvalue weighted by atomic mass is 10.1. The Kier molecular flexibility index (Phi) is 3.88. The maximum Gasteiger partial charge on any atom is 0.407 e. The monoisotopic (exact) mass is 225 g/mol. The molecule has 0 heterocycles. The molecule has 0 aliphatic rings. The minimum absolute atomic E-state index is 0.0609. The number of carbonyl (C=O) groups is 1. The average Bonchev–Trinajstić information content (AvgIpc) is 2.14. The normalized spacial score (nSPS) is 11.0. The molecule has 0 spiro atoms. The lowest BCUT2D eigenvalue weighted by Crippen LogP contribution is -2.40. The zero-order chi connectivity index (χ0) is 12.2. The number of hydrogen-bond donors (Lipinski definition) is 1. The smallest absolute Gasteiger partial charge is 0.407 e. The highest BCUT2D eigenvalue weighted by Crippen LogP contribution is 2.08. The summed E-state index contributed by atoms with van der Waals surface area (Å²) in [6.45, 7) is 5.47. The van der Waals surface area contributed by atoms with Crippen molar-refractivity contribution in [2.45, 2.75) is 32.9 Å². The fourth-order valence-corrected chi connectivity index (χ4v) is 1.10. The van der Waals surface area contributed by atoms with Gasteiger partial charge in [0.25, 0.3) is 0 Å². The van der Waals surface area contributed by atoms with Crippen molar-refractivity contribution in [1.82, 2.24) is 5.32 Å². The summed E-state index contributed by atoms with van der Waals surface area (Å²) < 4.78 is 18.1. The van der Waals surface area contributed by atoms with E-state index in [0.29, 0.717) is 5.56 Å². The van der Waals surface area contributed by atoms with Gasteiger partial charge in [0, 0.05) is 11.1 Å². The van der Waals surface area contributed by atoms with Gasteiger partial charge in [0.2, 0.25) is 0 Å². The van der Waals surface area contributed by atoms with Gasteiger partial charge in [-0.15, -0.1) is 0 Å². The fourth-order valence-electron chi connectivity index (χ4n) is 1.10. The Hall–Kier alpha value is -1.58. The number of alkyl carbamates (subject to hydrolysis) is 1. The Balaban J connectivity index is 2.47. The van der Waals surface area contributed by atoms with Gasteiger partial charge in [-0.05, 0) is 26.8 Å². The van der Waals surface area contributed by atoms with Crippen LogP contribution in [0.25, 0.3) is 0 Å². The van der Waals surface area contributed by atoms with Gasteiger partial charge in [-0.3, -0.25) is 0 Å². The third kappa shape index (κ3) is 4.29. The van der Waals surface area contributed by atoms with Crippen LogP contribution in [0, 0.1) is 5.82 Å². The van der Waals surface area contributed by atoms with Gasteiger partial charge in [0.15, 0.2) is 0 Å². The molecule has 0 fully saturated rings. The molecule has 0 radical (unpaired) electrons. The number of hydrogen-bond acceptors (Lipinski definition) is 2. The van der Waals surface area contributed by atoms with Gasteiger partial charge < -0.3 is 10.1 Å². The SMILES string of the molecule is CC(C)(C)NC(=O)OCc1ccccc1F. The molecule has 1 N–H and O–H groups in total. The maximum atomic E-state index is 13.2. The lowest BCUT2D eigenvalue weighted by molar-refractivity contribution is 0.130. The average molecular weight is 225 g/mol. The van der Waals surface area contributed by atoms with Gasteiger partial charge in [-0.1, -0.05) is 18.2 Å². The quantitative estimate of drug-likeness (QED) is 0.840. The van der Waals surface area contributed by atoms with Crippen LogP contribution in [0.5, 0.6) is 0 Å². The molecule has 0 atom stereocenters. The molecule has 0 aromatic heterocycles. The molecule has 1 rings (SSSR count). The van der Waals surface area contributed by atoms with Crippen molar-refractivity contribution in [3.8, 4) is 0 Å². The molecule has 0 saturated carbocycles. The topological polar surface area (TPSA) is 38.3 Å². The summed E-state index contributed by atoms with van der Waals surface area (Å²) in [5.74, 6) is -0.369. The molecule has 4 heteroatoms. The molecule has 0 unspecified atom stereocenters. The molecule has 88 valence electrons. The van der Waals surface area contributed by atoms with Crippen LogP contribution in [0.4, 0.5) is 9.18 Å². The van der Waals surface area contributed by atoms with Crippen molar-refractivity contribution >= 4 is 6.09 Å². The lowest BCUT2D eigenvalue weighted by Gasteiger charge is -2.19. The Morgan fingerprint density at radius 2 is 2.00 bits per heavy atom. The third-order valence-corrected chi connectivity index (χ3v) is 1.79. The van der Waals surface area contributed by atoms with Crippen molar-refractivity contribution in [2.24, 2.45) is 0 Å². The first-order valence-electron chi connectivity index (χ1n) is 5.07. The maximum absolute atomic E-state index is 13.2. The minimum Gasteiger partial charge on any atom is -0.445 e. The van der Waals surface area contributed by atoms with E-state index in [4.69, 9.17) is 4.74 Å². The van der Waals surface area contributed by atoms with E-state index < -0.39 is 6.09 Å². The van der Waals surface area contributed by atoms with Crippen molar-refractivity contribution in [3.63, 3.8) is 0 Å². The molecule has 1 amide bonds. The van der Waals surface area contributed by atoms with E-state index in [-0.39, 0.29) is 18.0 Å². The summed E-state index contributed by atoms with van der Waals surface area (Å²) in [5.41, 5.74) is 0.0123. The second-order valence-corrected chi connectivity index (χ2v) is 4.54. The highest BCUT2D eigenvalue weighted by Gasteiger charge is 2.14. The van der Waals surface area contributed by atoms with E-state index in [1.165, 1.54) is 6.07 Å². The van der Waals surface area contributed by atoms with Crippen LogP contribution in [0.2, 0.25) is 0 Å². The Morgan fingerprint density at radius 3 is 2.56 bits per heavy atom. The van der Waals surface area contributed by atoms with Crippen LogP contribution < -0.4 is 5.32 Å². The number of nitrogens with one attached hydrogen (secondary N) is 1. The van der Waals surface area contributed by atoms with E-state index in [2.05, 4.69) is 5.32 Å². The number of halogens is 1. The third-order valence-electron chi connectivity index (χ3n) is 1.79. The zero-order valence-electron chi connectivity index (χ0n) is 9.71. The fraction of sp³-hybridized carbons (Fsp3) is 0.417. The molecule has 1 aromatic carbocycles. The first-order chi connectivity index (χ1) is 7.38. The number of benzene rings is 1. The summed E-state index contributed by atoms with van der Waals surface area (Å²) in [4.78, 5) is 11.3. The number of carbonyl (C=O) groups excluding carboxylic acids is 1. The van der Waals surface area contributed by atoms with Crippen LogP contribution in [-0.2, 0) is 11.3 Å². The predicted octanol–water partition coefficient (Wildman–Crippen LogP) is 2.85. The molecular formula is C12H16FNO2. The van der Waals surface area contributed by atoms with Crippen LogP contribution in [-0.4, -0.2) is 11.6 Å². The number of ether oxygens (including phenoxy) is 1. The largest absolute Gasteiger partial charge is 0.445 e. The Morgan fingerprint density at radius 1 is 1.38 bits per heavy atom. The molecule has 0 saturated heterocycles. The molecule has 3 nitrogen and oxygen atoms in total. The van der Waals surface area contributed by atoms with Crippen molar-refractivity contribution < 1.29 is 13.9 Å². The molecular weight excluding hydrogens is 209 g/mol. The first kappa shape index (κ1) is 12.5. The second kappa shape index (κ2) is 4.96. The Bertz CT molecular complexity index is 372. The van der Waals surface area contributed by atoms with Gasteiger partial charge in [0.1, 0.15) is 12.4 Å². The van der Waals surface area contributed by atoms with E-state index in [1.807, 2.05) is 20.8 Å². The molecule has 1 aromatic rings. The van der Waals surface area contributed by atoms with Crippen LogP contribution in [0.1, 0.15) is 26.3 Å². The van der Waals surface area contributed by atoms with E-state index in [0.717, 1.165) is 0 Å². The van der Waals surface area contributed by atoms with Crippen molar-refractivity contribution in [1.29, 1.82) is 0 Å². The summed E-state index contributed by atoms with van der Waals surface area (Å²) >= 11 is 0. The molecule has 0 bridgehead atoms. The molecule has 0 aliphatic carbocycles. The summed E-state index contributed by atoms with van der Waals surface area (Å²) in [6, 6.07) is 6.21. The summed E-state index contributed by atoms with van der Waals surface area (Å²) in [5, 5.41) is 2.63. The van der Waals surface area contributed by atoms with Crippen LogP contribution in [0.3, 0.4) is 0 Å². The van der Waals surface area contributed by atoms with Crippen LogP contribution in [0.15, 0.2) is 24.3 Å². The minimum atomic E-state index is -0.546. The standard InChI is InChI=1S/C12H16FNO2/c1-12(2,3)14-11(15)16-8-9-6-4-5-7-10(9)13/h4-7H,8H2,1-3H3,(H,14,15). The van der Waals surface area contributed by atoms with Gasteiger partial charge in [-0.2, -0.15) is 0 Å². The molecule has 0 aliphatic heterocycles. The number of rotatable bonds is 2. The zero-order valence-corrected chi connectivity index (χ0v) is 9.71. The highest BCUT2D eigenvalue weighted by atomic mass is 19.1. The van der Waals surface area contributed by atoms with Gasteiger partial charge in [0.05, 0.1) is 0 Å². The first-order valence-corrected chi connectivity index (χ1v) is 5.07. The van der Waals surface area contributed by atoms with Crippen molar-refractivity contribution in [2.75, 3.05) is 0 Å². The van der Waals surface area contributed by atoms with E-state index in [1.54, 1.807) is 18.2 Å². The second-order valence-electron chi connectivity index (χ2n) is 4.54. The van der Waals surface area contributed by atoms with Gasteiger partial charge in [-0.25, -0.2) is 9.18 Å². The van der Waals surface area contributed by atoms with Gasteiger partial charge >= 0.3 is 6.09 Å². The highest BCUT2D eigenvalue weighted by molar-refractivity contribution is 5.68. The summed E-state index contributed by atoms with van der Waals surface area (Å²) in [6.07, 6.45) is -0.546.